The first-order valence-electron chi connectivity index (χ1n) is 7.77. The highest BCUT2D eigenvalue weighted by molar-refractivity contribution is 5.56. The minimum Gasteiger partial charge on any atom is -0.369 e. The van der Waals surface area contributed by atoms with E-state index in [0.717, 1.165) is 26.2 Å². The number of likely N-dealkylation sites (N-methyl/N-ethyl adjacent to an activating group) is 1. The van der Waals surface area contributed by atoms with Crippen molar-refractivity contribution in [3.05, 3.63) is 29.3 Å². The molecular formula is C17H29N3. The van der Waals surface area contributed by atoms with E-state index in [1.807, 2.05) is 7.05 Å². The van der Waals surface area contributed by atoms with Crippen LogP contribution in [0.15, 0.2) is 18.2 Å². The van der Waals surface area contributed by atoms with E-state index < -0.39 is 0 Å². The van der Waals surface area contributed by atoms with Crippen LogP contribution < -0.4 is 10.2 Å². The number of benzene rings is 1. The quantitative estimate of drug-likeness (QED) is 0.910. The Labute approximate surface area is 124 Å². The lowest BCUT2D eigenvalue weighted by Gasteiger charge is -2.41. The van der Waals surface area contributed by atoms with Crippen molar-refractivity contribution in [2.24, 2.45) is 0 Å². The molecule has 0 aromatic heterocycles. The fourth-order valence-corrected chi connectivity index (χ4v) is 3.01. The molecule has 0 radical (unpaired) electrons. The predicted octanol–water partition coefficient (Wildman–Crippen LogP) is 2.42. The predicted molar refractivity (Wildman–Crippen MR) is 87.7 cm³/mol. The summed E-state index contributed by atoms with van der Waals surface area (Å²) in [6, 6.07) is 7.78. The first-order valence-corrected chi connectivity index (χ1v) is 7.77. The topological polar surface area (TPSA) is 18.5 Å². The summed E-state index contributed by atoms with van der Waals surface area (Å²) >= 11 is 0. The van der Waals surface area contributed by atoms with E-state index in [-0.39, 0.29) is 0 Å². The lowest BCUT2D eigenvalue weighted by Crippen LogP contribution is -2.54. The van der Waals surface area contributed by atoms with Crippen molar-refractivity contribution in [2.75, 3.05) is 38.1 Å². The lowest BCUT2D eigenvalue weighted by molar-refractivity contribution is 0.168. The fourth-order valence-electron chi connectivity index (χ4n) is 3.01. The summed E-state index contributed by atoms with van der Waals surface area (Å²) in [5.74, 6) is 0. The van der Waals surface area contributed by atoms with E-state index in [1.165, 1.54) is 16.8 Å². The summed E-state index contributed by atoms with van der Waals surface area (Å²) in [4.78, 5) is 5.14. The summed E-state index contributed by atoms with van der Waals surface area (Å²) in [6.45, 7) is 13.6. The molecule has 0 saturated carbocycles. The van der Waals surface area contributed by atoms with Crippen LogP contribution in [0.2, 0.25) is 0 Å². The number of hydrogen-bond acceptors (Lipinski definition) is 3. The van der Waals surface area contributed by atoms with Gasteiger partial charge in [-0.25, -0.2) is 0 Å². The summed E-state index contributed by atoms with van der Waals surface area (Å²) in [5, 5.41) is 3.37. The van der Waals surface area contributed by atoms with E-state index >= 15 is 0 Å². The maximum atomic E-state index is 3.37. The molecule has 0 amide bonds. The molecule has 1 aliphatic rings. The summed E-state index contributed by atoms with van der Waals surface area (Å²) in [6.07, 6.45) is 0. The van der Waals surface area contributed by atoms with Crippen LogP contribution in [0.4, 0.5) is 5.69 Å². The summed E-state index contributed by atoms with van der Waals surface area (Å²) in [5.41, 5.74) is 4.23. The van der Waals surface area contributed by atoms with Crippen molar-refractivity contribution in [2.45, 2.75) is 39.8 Å². The number of nitrogens with zero attached hydrogens (tertiary/aromatic N) is 2. The van der Waals surface area contributed by atoms with Crippen LogP contribution in [0.1, 0.15) is 25.0 Å². The Bertz CT molecular complexity index is 436. The monoisotopic (exact) mass is 275 g/mol. The average molecular weight is 275 g/mol. The van der Waals surface area contributed by atoms with Gasteiger partial charge in [0.05, 0.1) is 0 Å². The first kappa shape index (κ1) is 15.3. The molecule has 1 aromatic rings. The highest BCUT2D eigenvalue weighted by Crippen LogP contribution is 2.24. The van der Waals surface area contributed by atoms with Gasteiger partial charge in [0.15, 0.2) is 0 Å². The molecule has 1 fully saturated rings. The van der Waals surface area contributed by atoms with Crippen LogP contribution in [-0.2, 0) is 0 Å². The molecule has 112 valence electrons. The van der Waals surface area contributed by atoms with Crippen LogP contribution in [0.25, 0.3) is 0 Å². The van der Waals surface area contributed by atoms with Gasteiger partial charge in [-0.1, -0.05) is 12.1 Å². The third-order valence-corrected chi connectivity index (χ3v) is 4.99. The van der Waals surface area contributed by atoms with Crippen molar-refractivity contribution in [1.82, 2.24) is 10.2 Å². The van der Waals surface area contributed by atoms with Gasteiger partial charge in [0.1, 0.15) is 0 Å². The average Bonchev–Trinajstić information content (AvgIpc) is 2.48. The summed E-state index contributed by atoms with van der Waals surface area (Å²) in [7, 11) is 2.05. The third-order valence-electron chi connectivity index (χ3n) is 4.99. The van der Waals surface area contributed by atoms with Crippen LogP contribution in [0.3, 0.4) is 0 Å². The zero-order chi connectivity index (χ0) is 14.7. The van der Waals surface area contributed by atoms with Gasteiger partial charge in [0.2, 0.25) is 0 Å². The number of hydrogen-bond donors (Lipinski definition) is 1. The maximum absolute atomic E-state index is 3.37. The molecule has 0 aliphatic carbocycles. The van der Waals surface area contributed by atoms with E-state index in [4.69, 9.17) is 0 Å². The van der Waals surface area contributed by atoms with Gasteiger partial charge >= 0.3 is 0 Å². The van der Waals surface area contributed by atoms with E-state index in [0.29, 0.717) is 12.1 Å². The Hall–Kier alpha value is -1.06. The highest BCUT2D eigenvalue weighted by Gasteiger charge is 2.24. The second kappa shape index (κ2) is 6.59. The largest absolute Gasteiger partial charge is 0.369 e. The first-order chi connectivity index (χ1) is 9.54. The standard InChI is InChI=1S/C17H29N3/c1-13-7-6-8-17(14(13)2)20-11-9-19(10-12-20)16(4)15(3)18-5/h6-8,15-16,18H,9-12H2,1-5H3. The maximum Gasteiger partial charge on any atom is 0.0399 e. The molecule has 3 nitrogen and oxygen atoms in total. The molecular weight excluding hydrogens is 246 g/mol. The molecule has 1 heterocycles. The van der Waals surface area contributed by atoms with Crippen LogP contribution >= 0.6 is 0 Å². The van der Waals surface area contributed by atoms with Gasteiger partial charge in [-0.3, -0.25) is 4.90 Å². The SMILES string of the molecule is CNC(C)C(C)N1CCN(c2cccc(C)c2C)CC1. The molecule has 1 N–H and O–H groups in total. The van der Waals surface area contributed by atoms with Crippen LogP contribution in [0, 0.1) is 13.8 Å². The van der Waals surface area contributed by atoms with E-state index in [2.05, 4.69) is 61.0 Å². The molecule has 20 heavy (non-hydrogen) atoms. The smallest absolute Gasteiger partial charge is 0.0399 e. The Morgan fingerprint density at radius 1 is 1.05 bits per heavy atom. The zero-order valence-electron chi connectivity index (χ0n) is 13.6. The fraction of sp³-hybridized carbons (Fsp3) is 0.647. The number of nitrogens with one attached hydrogen (secondary N) is 1. The molecule has 2 unspecified atom stereocenters. The van der Waals surface area contributed by atoms with Crippen molar-refractivity contribution >= 4 is 5.69 Å². The zero-order valence-corrected chi connectivity index (χ0v) is 13.6. The number of piperazine rings is 1. The van der Waals surface area contributed by atoms with Crippen LogP contribution in [0.5, 0.6) is 0 Å². The van der Waals surface area contributed by atoms with Crippen LogP contribution in [-0.4, -0.2) is 50.2 Å². The van der Waals surface area contributed by atoms with Crippen molar-refractivity contribution in [3.63, 3.8) is 0 Å². The molecule has 0 spiro atoms. The molecule has 2 rings (SSSR count). The Balaban J connectivity index is 1.99. The molecule has 0 bridgehead atoms. The molecule has 1 saturated heterocycles. The highest BCUT2D eigenvalue weighted by atomic mass is 15.3. The van der Waals surface area contributed by atoms with Crippen molar-refractivity contribution in [1.29, 1.82) is 0 Å². The van der Waals surface area contributed by atoms with Gasteiger partial charge in [0, 0.05) is 44.0 Å². The minimum atomic E-state index is 0.544. The van der Waals surface area contributed by atoms with Crippen molar-refractivity contribution < 1.29 is 0 Å². The molecule has 1 aromatic carbocycles. The molecule has 1 aliphatic heterocycles. The van der Waals surface area contributed by atoms with Gasteiger partial charge in [-0.05, 0) is 51.9 Å². The molecule has 3 heteroatoms. The Kier molecular flexibility index (Phi) is 5.06. The number of aryl methyl sites for hydroxylation is 1. The number of rotatable bonds is 4. The van der Waals surface area contributed by atoms with Gasteiger partial charge < -0.3 is 10.2 Å². The van der Waals surface area contributed by atoms with Gasteiger partial charge in [-0.15, -0.1) is 0 Å². The Morgan fingerprint density at radius 3 is 2.30 bits per heavy atom. The second-order valence-electron chi connectivity index (χ2n) is 6.06. The minimum absolute atomic E-state index is 0.544. The molecule has 2 atom stereocenters. The number of anilines is 1. The summed E-state index contributed by atoms with van der Waals surface area (Å²) < 4.78 is 0. The van der Waals surface area contributed by atoms with E-state index in [1.54, 1.807) is 0 Å². The van der Waals surface area contributed by atoms with E-state index in [9.17, 15) is 0 Å². The Morgan fingerprint density at radius 2 is 1.70 bits per heavy atom. The van der Waals surface area contributed by atoms with Crippen molar-refractivity contribution in [3.8, 4) is 0 Å². The third kappa shape index (κ3) is 3.15. The van der Waals surface area contributed by atoms with Gasteiger partial charge in [-0.2, -0.15) is 0 Å². The second-order valence-corrected chi connectivity index (χ2v) is 6.06. The lowest BCUT2D eigenvalue weighted by atomic mass is 10.1. The van der Waals surface area contributed by atoms with Gasteiger partial charge in [0.25, 0.3) is 0 Å². The normalized spacial score (nSPS) is 19.9.